The van der Waals surface area contributed by atoms with Gasteiger partial charge in [-0.2, -0.15) is 0 Å². The third-order valence-electron chi connectivity index (χ3n) is 4.38. The molecule has 0 bridgehead atoms. The van der Waals surface area contributed by atoms with E-state index < -0.39 is 0 Å². The van der Waals surface area contributed by atoms with Crippen LogP contribution in [0.5, 0.6) is 0 Å². The van der Waals surface area contributed by atoms with Crippen molar-refractivity contribution in [3.05, 3.63) is 33.8 Å². The van der Waals surface area contributed by atoms with Crippen molar-refractivity contribution in [2.24, 2.45) is 5.92 Å². The molecule has 3 rings (SSSR count). The van der Waals surface area contributed by atoms with Crippen LogP contribution in [0.25, 0.3) is 0 Å². The Balaban J connectivity index is 1.53. The highest BCUT2D eigenvalue weighted by atomic mass is 79.9. The van der Waals surface area contributed by atoms with Gasteiger partial charge in [0, 0.05) is 29.2 Å². The summed E-state index contributed by atoms with van der Waals surface area (Å²) >= 11 is 3.43. The lowest BCUT2D eigenvalue weighted by molar-refractivity contribution is 0.0946. The van der Waals surface area contributed by atoms with Gasteiger partial charge < -0.3 is 10.2 Å². The molecule has 108 valence electrons. The molecule has 3 nitrogen and oxygen atoms in total. The number of likely N-dealkylation sites (tertiary alicyclic amines) is 1. The molecule has 0 aromatic heterocycles. The topological polar surface area (TPSA) is 32.3 Å². The van der Waals surface area contributed by atoms with Crippen molar-refractivity contribution in [2.75, 3.05) is 19.6 Å². The Morgan fingerprint density at radius 1 is 1.40 bits per heavy atom. The molecule has 1 unspecified atom stereocenters. The Morgan fingerprint density at radius 2 is 2.20 bits per heavy atom. The first-order chi connectivity index (χ1) is 9.63. The summed E-state index contributed by atoms with van der Waals surface area (Å²) in [6.45, 7) is 5.14. The molecular weight excluding hydrogens is 316 g/mol. The van der Waals surface area contributed by atoms with Gasteiger partial charge >= 0.3 is 0 Å². The zero-order chi connectivity index (χ0) is 14.1. The highest BCUT2D eigenvalue weighted by molar-refractivity contribution is 9.10. The number of benzene rings is 1. The molecule has 1 saturated carbocycles. The van der Waals surface area contributed by atoms with Gasteiger partial charge in [-0.15, -0.1) is 0 Å². The summed E-state index contributed by atoms with van der Waals surface area (Å²) in [5, 5.41) is 3.10. The van der Waals surface area contributed by atoms with E-state index >= 15 is 0 Å². The van der Waals surface area contributed by atoms with Crippen LogP contribution in [0.15, 0.2) is 22.7 Å². The first kappa shape index (κ1) is 14.1. The summed E-state index contributed by atoms with van der Waals surface area (Å²) in [7, 11) is 0. The molecule has 1 N–H and O–H groups in total. The summed E-state index contributed by atoms with van der Waals surface area (Å²) < 4.78 is 0.953. The average Bonchev–Trinajstić information content (AvgIpc) is 3.18. The minimum atomic E-state index is 0.0497. The third kappa shape index (κ3) is 3.23. The van der Waals surface area contributed by atoms with Crippen LogP contribution in [0.1, 0.15) is 35.2 Å². The number of halogens is 1. The molecule has 2 aliphatic rings. The fraction of sp³-hybridized carbons (Fsp3) is 0.562. The monoisotopic (exact) mass is 336 g/mol. The maximum absolute atomic E-state index is 12.3. The SMILES string of the molecule is Cc1ccc(Br)cc1C(=O)NCC1CCN(C2CC2)C1. The zero-order valence-corrected chi connectivity index (χ0v) is 13.4. The summed E-state index contributed by atoms with van der Waals surface area (Å²) in [4.78, 5) is 14.8. The highest BCUT2D eigenvalue weighted by Gasteiger charge is 2.34. The number of amides is 1. The van der Waals surface area contributed by atoms with Crippen LogP contribution in [0, 0.1) is 12.8 Å². The van der Waals surface area contributed by atoms with E-state index in [1.165, 1.54) is 25.8 Å². The van der Waals surface area contributed by atoms with Gasteiger partial charge in [-0.25, -0.2) is 0 Å². The van der Waals surface area contributed by atoms with Crippen LogP contribution in [-0.2, 0) is 0 Å². The first-order valence-corrected chi connectivity index (χ1v) is 8.21. The Bertz CT molecular complexity index is 513. The number of aryl methyl sites for hydroxylation is 1. The number of nitrogens with zero attached hydrogens (tertiary/aromatic N) is 1. The number of carbonyl (C=O) groups is 1. The predicted molar refractivity (Wildman–Crippen MR) is 83.9 cm³/mol. The summed E-state index contributed by atoms with van der Waals surface area (Å²) in [5.41, 5.74) is 1.80. The lowest BCUT2D eigenvalue weighted by Crippen LogP contribution is -2.31. The van der Waals surface area contributed by atoms with Gasteiger partial charge in [0.15, 0.2) is 0 Å². The molecule has 20 heavy (non-hydrogen) atoms. The molecule has 0 radical (unpaired) electrons. The Morgan fingerprint density at radius 3 is 2.95 bits per heavy atom. The van der Waals surface area contributed by atoms with Gasteiger partial charge in [-0.05, 0) is 56.3 Å². The fourth-order valence-electron chi connectivity index (χ4n) is 2.97. The second kappa shape index (κ2) is 5.86. The second-order valence-electron chi connectivity index (χ2n) is 6.05. The fourth-order valence-corrected chi connectivity index (χ4v) is 3.33. The van der Waals surface area contributed by atoms with E-state index in [9.17, 15) is 4.79 Å². The van der Waals surface area contributed by atoms with Crippen LogP contribution in [0.2, 0.25) is 0 Å². The minimum absolute atomic E-state index is 0.0497. The van der Waals surface area contributed by atoms with Crippen molar-refractivity contribution in [1.29, 1.82) is 0 Å². The van der Waals surface area contributed by atoms with Crippen molar-refractivity contribution in [1.82, 2.24) is 10.2 Å². The quantitative estimate of drug-likeness (QED) is 0.916. The minimum Gasteiger partial charge on any atom is -0.352 e. The van der Waals surface area contributed by atoms with Crippen molar-refractivity contribution < 1.29 is 4.79 Å². The standard InChI is InChI=1S/C16H21BrN2O/c1-11-2-3-13(17)8-15(11)16(20)18-9-12-6-7-19(10-12)14-4-5-14/h2-3,8,12,14H,4-7,9-10H2,1H3,(H,18,20). The van der Waals surface area contributed by atoms with E-state index in [4.69, 9.17) is 0 Å². The molecule has 4 heteroatoms. The molecule has 0 spiro atoms. The first-order valence-electron chi connectivity index (χ1n) is 7.42. The lowest BCUT2D eigenvalue weighted by Gasteiger charge is -2.15. The van der Waals surface area contributed by atoms with Crippen LogP contribution in [0.3, 0.4) is 0 Å². The van der Waals surface area contributed by atoms with Gasteiger partial charge in [0.25, 0.3) is 5.91 Å². The van der Waals surface area contributed by atoms with Crippen LogP contribution < -0.4 is 5.32 Å². The molecule has 1 saturated heterocycles. The molecule has 1 atom stereocenters. The molecule has 1 aliphatic heterocycles. The summed E-state index contributed by atoms with van der Waals surface area (Å²) in [5.74, 6) is 0.667. The van der Waals surface area contributed by atoms with E-state index in [1.807, 2.05) is 25.1 Å². The summed E-state index contributed by atoms with van der Waals surface area (Å²) in [6.07, 6.45) is 3.96. The maximum Gasteiger partial charge on any atom is 0.251 e. The third-order valence-corrected chi connectivity index (χ3v) is 4.87. The Labute approximate surface area is 128 Å². The summed E-state index contributed by atoms with van der Waals surface area (Å²) in [6, 6.07) is 6.69. The van der Waals surface area contributed by atoms with Crippen LogP contribution >= 0.6 is 15.9 Å². The molecule has 1 aliphatic carbocycles. The van der Waals surface area contributed by atoms with Gasteiger partial charge in [-0.1, -0.05) is 22.0 Å². The molecular formula is C16H21BrN2O. The van der Waals surface area contributed by atoms with Gasteiger partial charge in [0.05, 0.1) is 0 Å². The Kier molecular flexibility index (Phi) is 4.13. The number of nitrogens with one attached hydrogen (secondary N) is 1. The molecule has 2 fully saturated rings. The maximum atomic E-state index is 12.3. The number of carbonyl (C=O) groups excluding carboxylic acids is 1. The normalized spacial score (nSPS) is 23.0. The van der Waals surface area contributed by atoms with E-state index in [0.717, 1.165) is 34.7 Å². The smallest absolute Gasteiger partial charge is 0.251 e. The van der Waals surface area contributed by atoms with Gasteiger partial charge in [0.1, 0.15) is 0 Å². The predicted octanol–water partition coefficient (Wildman–Crippen LogP) is 2.97. The largest absolute Gasteiger partial charge is 0.352 e. The van der Waals surface area contributed by atoms with Gasteiger partial charge in [-0.3, -0.25) is 4.79 Å². The van der Waals surface area contributed by atoms with E-state index in [-0.39, 0.29) is 5.91 Å². The average molecular weight is 337 g/mol. The van der Waals surface area contributed by atoms with Crippen molar-refractivity contribution in [2.45, 2.75) is 32.2 Å². The Hall–Kier alpha value is -0.870. The molecule has 1 heterocycles. The van der Waals surface area contributed by atoms with E-state index in [1.54, 1.807) is 0 Å². The van der Waals surface area contributed by atoms with E-state index in [0.29, 0.717) is 5.92 Å². The van der Waals surface area contributed by atoms with Gasteiger partial charge in [0.2, 0.25) is 0 Å². The van der Waals surface area contributed by atoms with Crippen LogP contribution in [0.4, 0.5) is 0 Å². The van der Waals surface area contributed by atoms with E-state index in [2.05, 4.69) is 26.1 Å². The van der Waals surface area contributed by atoms with Crippen molar-refractivity contribution >= 4 is 21.8 Å². The zero-order valence-electron chi connectivity index (χ0n) is 11.9. The second-order valence-corrected chi connectivity index (χ2v) is 6.97. The van der Waals surface area contributed by atoms with Crippen molar-refractivity contribution in [3.63, 3.8) is 0 Å². The van der Waals surface area contributed by atoms with Crippen LogP contribution in [-0.4, -0.2) is 36.5 Å². The lowest BCUT2D eigenvalue weighted by atomic mass is 10.1. The molecule has 1 aromatic carbocycles. The molecule has 1 aromatic rings. The number of hydrogen-bond acceptors (Lipinski definition) is 2. The number of hydrogen-bond donors (Lipinski definition) is 1. The molecule has 1 amide bonds. The van der Waals surface area contributed by atoms with Crippen molar-refractivity contribution in [3.8, 4) is 0 Å². The number of rotatable bonds is 4. The highest BCUT2D eigenvalue weighted by Crippen LogP contribution is 2.31.